The smallest absolute Gasteiger partial charge is 0.316 e. The molecule has 1 aromatic rings. The van der Waals surface area contributed by atoms with Crippen molar-refractivity contribution < 1.29 is 28.8 Å². The van der Waals surface area contributed by atoms with Gasteiger partial charge < -0.3 is 26.6 Å². The largest absolute Gasteiger partial charge is 0.363 e. The first-order valence-corrected chi connectivity index (χ1v) is 16.3. The maximum absolute atomic E-state index is 14.1. The van der Waals surface area contributed by atoms with Gasteiger partial charge in [0.05, 0.1) is 12.1 Å². The Bertz CT molecular complexity index is 1360. The van der Waals surface area contributed by atoms with E-state index in [1.165, 1.54) is 16.2 Å². The predicted octanol–water partition coefficient (Wildman–Crippen LogP) is 2.34. The number of nitrogens with two attached hydrogens (primary N) is 1. The van der Waals surface area contributed by atoms with Crippen molar-refractivity contribution in [3.05, 3.63) is 16.1 Å². The number of nitrogens with one attached hydrogen (secondary N) is 3. The molecule has 15 heteroatoms. The molecule has 1 aliphatic heterocycles. The number of primary amides is 1. The number of fused-ring (bicyclic) bond motifs is 1. The molecule has 0 radical (unpaired) electrons. The number of rotatable bonds is 12. The van der Waals surface area contributed by atoms with Crippen LogP contribution in [-0.2, 0) is 19.2 Å². The molecule has 4 rings (SSSR count). The molecule has 2 aliphatic carbocycles. The Hall–Kier alpha value is -2.77. The number of Topliss-reactive ketones (excluding diaryl/α,β-unsaturated/α-hetero) is 2. The Morgan fingerprint density at radius 2 is 1.75 bits per heavy atom. The summed E-state index contributed by atoms with van der Waals surface area (Å²) in [5.74, 6) is -4.73. The van der Waals surface area contributed by atoms with Gasteiger partial charge in [0, 0.05) is 29.5 Å². The van der Waals surface area contributed by atoms with Gasteiger partial charge in [0.1, 0.15) is 16.4 Å². The van der Waals surface area contributed by atoms with Crippen molar-refractivity contribution >= 4 is 69.9 Å². The molecule has 0 bridgehead atoms. The second-order valence-corrected chi connectivity index (χ2v) is 15.8. The zero-order valence-electron chi connectivity index (χ0n) is 25.6. The molecule has 44 heavy (non-hydrogen) atoms. The molecular formula is C29H40Cl2N6O6S. The van der Waals surface area contributed by atoms with Gasteiger partial charge >= 0.3 is 6.03 Å². The molecule has 2 saturated carbocycles. The fourth-order valence-corrected chi connectivity index (χ4v) is 7.35. The summed E-state index contributed by atoms with van der Waals surface area (Å²) >= 11 is 14.1. The van der Waals surface area contributed by atoms with Gasteiger partial charge in [-0.05, 0) is 30.6 Å². The van der Waals surface area contributed by atoms with Crippen LogP contribution in [0.1, 0.15) is 69.4 Å². The summed E-state index contributed by atoms with van der Waals surface area (Å²) in [5.41, 5.74) is 5.12. The van der Waals surface area contributed by atoms with Crippen LogP contribution in [0.2, 0.25) is 0 Å². The number of amides is 5. The zero-order chi connectivity index (χ0) is 32.9. The molecule has 242 valence electrons. The van der Waals surface area contributed by atoms with E-state index in [1.54, 1.807) is 46.9 Å². The highest BCUT2D eigenvalue weighted by molar-refractivity contribution is 7.11. The van der Waals surface area contributed by atoms with E-state index >= 15 is 0 Å². The number of urea groups is 1. The summed E-state index contributed by atoms with van der Waals surface area (Å²) in [7, 11) is 0. The number of hydrogen-bond acceptors (Lipinski definition) is 8. The van der Waals surface area contributed by atoms with Crippen molar-refractivity contribution in [3.63, 3.8) is 0 Å². The second-order valence-electron chi connectivity index (χ2n) is 13.5. The minimum atomic E-state index is -1.25. The minimum Gasteiger partial charge on any atom is -0.363 e. The molecule has 5 N–H and O–H groups in total. The number of halogens is 2. The lowest BCUT2D eigenvalue weighted by atomic mass is 9.85. The summed E-state index contributed by atoms with van der Waals surface area (Å²) in [6, 6.07) is -5.01. The van der Waals surface area contributed by atoms with E-state index in [4.69, 9.17) is 28.9 Å². The third-order valence-corrected chi connectivity index (χ3v) is 10.5. The van der Waals surface area contributed by atoms with Crippen LogP contribution >= 0.6 is 34.5 Å². The van der Waals surface area contributed by atoms with E-state index in [2.05, 4.69) is 20.9 Å². The van der Waals surface area contributed by atoms with Crippen LogP contribution in [-0.4, -0.2) is 80.2 Å². The van der Waals surface area contributed by atoms with Crippen molar-refractivity contribution in [2.75, 3.05) is 6.54 Å². The van der Waals surface area contributed by atoms with Gasteiger partial charge in [0.2, 0.25) is 23.4 Å². The number of aromatic nitrogens is 1. The highest BCUT2D eigenvalue weighted by atomic mass is 35.5. The SMILES string of the molecule is Cc1csc(C(=O)[C@@H](NC(=O)N[C@H](C(=O)N2C[C@H]3[C@@H]([C@H]2C(=O)NC(CC2CC2)C(=O)C(N)=O)C3(Cl)Cl)C(C)(C)C)C(C)C)n1. The highest BCUT2D eigenvalue weighted by Crippen LogP contribution is 2.65. The van der Waals surface area contributed by atoms with Crippen LogP contribution in [0.3, 0.4) is 0 Å². The molecule has 12 nitrogen and oxygen atoms in total. The summed E-state index contributed by atoms with van der Waals surface area (Å²) in [4.78, 5) is 84.0. The standard InChI is InChI=1S/C29H40Cl2N6O6S/c1-12(2)18(21(39)25-33-13(3)11-44-25)35-27(43)36-22(28(4,5)6)26(42)37-10-15-17(29(15,30)31)19(37)24(41)34-16(9-14-7-8-14)20(38)23(32)40/h11-12,14-19,22H,7-10H2,1-6H3,(H2,32,40)(H,34,41)(H2,35,36,43)/t15-,16?,17-,18-,19-,22+/m0/s1. The molecule has 1 saturated heterocycles. The van der Waals surface area contributed by atoms with E-state index in [-0.39, 0.29) is 35.6 Å². The Morgan fingerprint density at radius 3 is 2.25 bits per heavy atom. The van der Waals surface area contributed by atoms with E-state index < -0.39 is 75.3 Å². The van der Waals surface area contributed by atoms with Crippen molar-refractivity contribution in [3.8, 4) is 0 Å². The fourth-order valence-electron chi connectivity index (χ4n) is 5.74. The third-order valence-electron chi connectivity index (χ3n) is 8.48. The zero-order valence-corrected chi connectivity index (χ0v) is 27.9. The fraction of sp³-hybridized carbons (Fsp3) is 0.690. The lowest BCUT2D eigenvalue weighted by molar-refractivity contribution is -0.144. The van der Waals surface area contributed by atoms with Gasteiger partial charge in [-0.3, -0.25) is 24.0 Å². The van der Waals surface area contributed by atoms with Crippen molar-refractivity contribution in [2.45, 2.75) is 89.3 Å². The second kappa shape index (κ2) is 12.6. The first-order valence-electron chi connectivity index (χ1n) is 14.7. The average Bonchev–Trinajstić information content (AvgIpc) is 3.67. The number of ketones is 2. The number of nitrogens with zero attached hydrogens (tertiary/aromatic N) is 2. The van der Waals surface area contributed by atoms with Crippen molar-refractivity contribution in [2.24, 2.45) is 34.8 Å². The van der Waals surface area contributed by atoms with Gasteiger partial charge in [-0.15, -0.1) is 34.5 Å². The number of alkyl halides is 2. The molecule has 0 aromatic carbocycles. The molecule has 1 unspecified atom stereocenters. The average molecular weight is 672 g/mol. The van der Waals surface area contributed by atoms with Crippen LogP contribution in [0.4, 0.5) is 4.79 Å². The van der Waals surface area contributed by atoms with Crippen LogP contribution in [0.15, 0.2) is 5.38 Å². The molecule has 3 fully saturated rings. The summed E-state index contributed by atoms with van der Waals surface area (Å²) in [6.45, 7) is 10.7. The van der Waals surface area contributed by atoms with Crippen molar-refractivity contribution in [1.29, 1.82) is 0 Å². The summed E-state index contributed by atoms with van der Waals surface area (Å²) in [5, 5.41) is 10.1. The number of carbonyl (C=O) groups excluding carboxylic acids is 6. The number of carbonyl (C=O) groups is 6. The van der Waals surface area contributed by atoms with Crippen molar-refractivity contribution in [1.82, 2.24) is 25.8 Å². The molecule has 3 aliphatic rings. The van der Waals surface area contributed by atoms with Gasteiger partial charge in [-0.1, -0.05) is 47.5 Å². The van der Waals surface area contributed by atoms with E-state index in [0.29, 0.717) is 5.69 Å². The highest BCUT2D eigenvalue weighted by Gasteiger charge is 2.74. The molecule has 5 amide bonds. The first-order chi connectivity index (χ1) is 20.3. The lowest BCUT2D eigenvalue weighted by Gasteiger charge is -2.37. The van der Waals surface area contributed by atoms with Crippen LogP contribution in [0.25, 0.3) is 0 Å². The van der Waals surface area contributed by atoms with Crippen LogP contribution in [0, 0.1) is 36.0 Å². The number of hydrogen-bond donors (Lipinski definition) is 4. The molecule has 6 atom stereocenters. The topological polar surface area (TPSA) is 181 Å². The predicted molar refractivity (Wildman–Crippen MR) is 165 cm³/mol. The van der Waals surface area contributed by atoms with E-state index in [0.717, 1.165) is 12.8 Å². The van der Waals surface area contributed by atoms with Crippen LogP contribution < -0.4 is 21.7 Å². The minimum absolute atomic E-state index is 0.0536. The Kier molecular flexibility index (Phi) is 9.73. The van der Waals surface area contributed by atoms with Crippen LogP contribution in [0.5, 0.6) is 0 Å². The monoisotopic (exact) mass is 670 g/mol. The number of thiazole rings is 1. The summed E-state index contributed by atoms with van der Waals surface area (Å²) in [6.07, 6.45) is 2.01. The first kappa shape index (κ1) is 34.1. The number of piperidine rings is 1. The Labute approximate surface area is 270 Å². The molecular weight excluding hydrogens is 631 g/mol. The molecule has 0 spiro atoms. The number of aryl methyl sites for hydroxylation is 1. The third kappa shape index (κ3) is 7.20. The van der Waals surface area contributed by atoms with Gasteiger partial charge in [-0.25, -0.2) is 9.78 Å². The lowest BCUT2D eigenvalue weighted by Crippen LogP contribution is -2.62. The maximum Gasteiger partial charge on any atom is 0.316 e. The van der Waals surface area contributed by atoms with Gasteiger partial charge in [0.25, 0.3) is 5.91 Å². The quantitative estimate of drug-likeness (QED) is 0.150. The molecule has 1 aromatic heterocycles. The van der Waals surface area contributed by atoms with E-state index in [1.807, 2.05) is 0 Å². The van der Waals surface area contributed by atoms with Gasteiger partial charge in [0.15, 0.2) is 5.01 Å². The van der Waals surface area contributed by atoms with Gasteiger partial charge in [-0.2, -0.15) is 0 Å². The molecule has 2 heterocycles. The normalized spacial score (nSPS) is 24.1. The van der Waals surface area contributed by atoms with E-state index in [9.17, 15) is 28.8 Å². The number of likely N-dealkylation sites (tertiary alicyclic amines) is 1. The Morgan fingerprint density at radius 1 is 1.11 bits per heavy atom. The summed E-state index contributed by atoms with van der Waals surface area (Å²) < 4.78 is -1.25. The maximum atomic E-state index is 14.1. The Balaban J connectivity index is 1.53.